The molecule has 2 amide bonds. The van der Waals surface area contributed by atoms with E-state index in [4.69, 9.17) is 0 Å². The average molecular weight is 442 g/mol. The molecular formula is C26H24FN5O. The van der Waals surface area contributed by atoms with Crippen LogP contribution < -0.4 is 5.32 Å². The SMILES string of the molecule is Cc1cc(C)cc(NC(=O)N2C(c3cccc(F)c3)c3[nH]c4ncncc4c3CC23CC3)c1. The average Bonchev–Trinajstić information content (AvgIpc) is 3.43. The lowest BCUT2D eigenvalue weighted by atomic mass is 9.87. The van der Waals surface area contributed by atoms with Crippen molar-refractivity contribution < 1.29 is 9.18 Å². The maximum Gasteiger partial charge on any atom is 0.323 e. The zero-order valence-electron chi connectivity index (χ0n) is 18.5. The highest BCUT2D eigenvalue weighted by Crippen LogP contribution is 2.55. The molecule has 6 nitrogen and oxygen atoms in total. The van der Waals surface area contributed by atoms with Crippen molar-refractivity contribution in [2.45, 2.75) is 44.7 Å². The van der Waals surface area contributed by atoms with Gasteiger partial charge in [0.05, 0.1) is 6.04 Å². The minimum Gasteiger partial charge on any atom is -0.341 e. The van der Waals surface area contributed by atoms with E-state index >= 15 is 0 Å². The van der Waals surface area contributed by atoms with Gasteiger partial charge in [0.1, 0.15) is 17.8 Å². The van der Waals surface area contributed by atoms with Crippen molar-refractivity contribution in [3.8, 4) is 0 Å². The molecule has 7 heteroatoms. The van der Waals surface area contributed by atoms with Gasteiger partial charge in [-0.05, 0) is 79.6 Å². The molecule has 1 aliphatic heterocycles. The maximum absolute atomic E-state index is 14.3. The van der Waals surface area contributed by atoms with E-state index in [1.165, 1.54) is 18.5 Å². The predicted octanol–water partition coefficient (Wildman–Crippen LogP) is 5.43. The number of aryl methyl sites for hydroxylation is 2. The smallest absolute Gasteiger partial charge is 0.323 e. The fraction of sp³-hybridized carbons (Fsp3) is 0.269. The number of rotatable bonds is 2. The molecule has 6 rings (SSSR count). The van der Waals surface area contributed by atoms with E-state index in [1.807, 2.05) is 43.1 Å². The van der Waals surface area contributed by atoms with E-state index in [2.05, 4.69) is 26.3 Å². The number of amides is 2. The number of H-pyrrole nitrogens is 1. The summed E-state index contributed by atoms with van der Waals surface area (Å²) in [5.41, 5.74) is 6.10. The molecule has 4 aromatic rings. The summed E-state index contributed by atoms with van der Waals surface area (Å²) in [5, 5.41) is 4.09. The van der Waals surface area contributed by atoms with Crippen LogP contribution in [0.5, 0.6) is 0 Å². The second kappa shape index (κ2) is 7.13. The third-order valence-electron chi connectivity index (χ3n) is 6.85. The Bertz CT molecular complexity index is 1390. The highest BCUT2D eigenvalue weighted by Gasteiger charge is 2.57. The molecular weight excluding hydrogens is 417 g/mol. The predicted molar refractivity (Wildman–Crippen MR) is 125 cm³/mol. The Balaban J connectivity index is 1.50. The van der Waals surface area contributed by atoms with E-state index in [0.29, 0.717) is 0 Å². The van der Waals surface area contributed by atoms with Crippen molar-refractivity contribution in [1.82, 2.24) is 19.9 Å². The van der Waals surface area contributed by atoms with Gasteiger partial charge in [-0.1, -0.05) is 18.2 Å². The van der Waals surface area contributed by atoms with Crippen molar-refractivity contribution >= 4 is 22.8 Å². The molecule has 2 aromatic heterocycles. The summed E-state index contributed by atoms with van der Waals surface area (Å²) in [6.45, 7) is 4.03. The fourth-order valence-corrected chi connectivity index (χ4v) is 5.36. The summed E-state index contributed by atoms with van der Waals surface area (Å²) in [7, 11) is 0. The van der Waals surface area contributed by atoms with Crippen LogP contribution in [0.3, 0.4) is 0 Å². The fourth-order valence-electron chi connectivity index (χ4n) is 5.36. The van der Waals surface area contributed by atoms with Gasteiger partial charge in [-0.15, -0.1) is 0 Å². The number of hydrogen-bond acceptors (Lipinski definition) is 3. The summed E-state index contributed by atoms with van der Waals surface area (Å²) in [5.74, 6) is -0.324. The highest BCUT2D eigenvalue weighted by molar-refractivity contribution is 5.92. The first kappa shape index (κ1) is 19.9. The van der Waals surface area contributed by atoms with Crippen LogP contribution >= 0.6 is 0 Å². The first-order valence-corrected chi connectivity index (χ1v) is 11.2. The molecule has 0 bridgehead atoms. The second-order valence-electron chi connectivity index (χ2n) is 9.34. The summed E-state index contributed by atoms with van der Waals surface area (Å²) in [4.78, 5) is 27.8. The largest absolute Gasteiger partial charge is 0.341 e. The normalized spacial score (nSPS) is 18.4. The summed E-state index contributed by atoms with van der Waals surface area (Å²) >= 11 is 0. The molecule has 2 aliphatic rings. The highest BCUT2D eigenvalue weighted by atomic mass is 19.1. The van der Waals surface area contributed by atoms with Gasteiger partial charge in [0.15, 0.2) is 0 Å². The lowest BCUT2D eigenvalue weighted by Gasteiger charge is -2.43. The third kappa shape index (κ3) is 3.26. The van der Waals surface area contributed by atoms with Crippen molar-refractivity contribution in [1.29, 1.82) is 0 Å². The van der Waals surface area contributed by atoms with E-state index in [9.17, 15) is 9.18 Å². The molecule has 0 saturated heterocycles. The van der Waals surface area contributed by atoms with Crippen molar-refractivity contribution in [3.05, 3.63) is 88.8 Å². The van der Waals surface area contributed by atoms with Gasteiger partial charge in [-0.25, -0.2) is 19.2 Å². The molecule has 1 spiro atoms. The zero-order valence-corrected chi connectivity index (χ0v) is 18.5. The first-order chi connectivity index (χ1) is 15.9. The quantitative estimate of drug-likeness (QED) is 0.436. The van der Waals surface area contributed by atoms with Gasteiger partial charge in [0, 0.05) is 28.5 Å². The summed E-state index contributed by atoms with van der Waals surface area (Å²) in [6.07, 6.45) is 5.86. The van der Waals surface area contributed by atoms with Crippen LogP contribution in [0, 0.1) is 19.7 Å². The number of nitrogens with one attached hydrogen (secondary N) is 2. The zero-order chi connectivity index (χ0) is 22.7. The Kier molecular flexibility index (Phi) is 4.30. The van der Waals surface area contributed by atoms with Crippen LogP contribution in [0.25, 0.3) is 11.0 Å². The molecule has 2 N–H and O–H groups in total. The lowest BCUT2D eigenvalue weighted by molar-refractivity contribution is 0.146. The van der Waals surface area contributed by atoms with Crippen molar-refractivity contribution in [2.75, 3.05) is 5.32 Å². The number of carbonyl (C=O) groups is 1. The monoisotopic (exact) mass is 441 g/mol. The molecule has 1 aliphatic carbocycles. The number of halogens is 1. The molecule has 166 valence electrons. The number of hydrogen-bond donors (Lipinski definition) is 2. The second-order valence-corrected chi connectivity index (χ2v) is 9.34. The molecule has 33 heavy (non-hydrogen) atoms. The summed E-state index contributed by atoms with van der Waals surface area (Å²) in [6, 6.07) is 11.9. The van der Waals surface area contributed by atoms with Gasteiger partial charge in [-0.3, -0.25) is 0 Å². The minimum atomic E-state index is -0.452. The number of anilines is 1. The number of urea groups is 1. The number of nitrogens with zero attached hydrogens (tertiary/aromatic N) is 3. The van der Waals surface area contributed by atoms with E-state index < -0.39 is 6.04 Å². The van der Waals surface area contributed by atoms with Crippen LogP contribution in [0.15, 0.2) is 55.0 Å². The van der Waals surface area contributed by atoms with Gasteiger partial charge in [-0.2, -0.15) is 0 Å². The number of aromatic nitrogens is 3. The lowest BCUT2D eigenvalue weighted by Crippen LogP contribution is -2.51. The number of fused-ring (bicyclic) bond motifs is 3. The van der Waals surface area contributed by atoms with Crippen molar-refractivity contribution in [3.63, 3.8) is 0 Å². The van der Waals surface area contributed by atoms with Gasteiger partial charge in [0.2, 0.25) is 0 Å². The van der Waals surface area contributed by atoms with Gasteiger partial charge < -0.3 is 15.2 Å². The minimum absolute atomic E-state index is 0.179. The van der Waals surface area contributed by atoms with Crippen LogP contribution in [-0.2, 0) is 6.42 Å². The number of carbonyl (C=O) groups excluding carboxylic acids is 1. The molecule has 2 aromatic carbocycles. The molecule has 1 saturated carbocycles. The van der Waals surface area contributed by atoms with E-state index in [-0.39, 0.29) is 17.4 Å². The van der Waals surface area contributed by atoms with Crippen LogP contribution in [-0.4, -0.2) is 31.4 Å². The Morgan fingerprint density at radius 2 is 1.97 bits per heavy atom. The molecule has 0 radical (unpaired) electrons. The number of aromatic amines is 1. The number of benzene rings is 2. The first-order valence-electron chi connectivity index (χ1n) is 11.2. The van der Waals surface area contributed by atoms with Crippen molar-refractivity contribution in [2.24, 2.45) is 0 Å². The summed E-state index contributed by atoms with van der Waals surface area (Å²) < 4.78 is 14.3. The van der Waals surface area contributed by atoms with Gasteiger partial charge >= 0.3 is 6.03 Å². The van der Waals surface area contributed by atoms with Crippen LogP contribution in [0.2, 0.25) is 0 Å². The molecule has 1 unspecified atom stereocenters. The Labute approximate surface area is 190 Å². The maximum atomic E-state index is 14.3. The van der Waals surface area contributed by atoms with Crippen LogP contribution in [0.1, 0.15) is 46.8 Å². The Hall–Kier alpha value is -3.74. The topological polar surface area (TPSA) is 73.9 Å². The molecule has 1 fully saturated rings. The molecule has 3 heterocycles. The molecule has 1 atom stereocenters. The standard InChI is InChI=1S/C26H24FN5O/c1-15-8-16(2)10-19(9-15)30-25(33)32-23(17-4-3-5-18(27)11-17)22-20(12-26(32)6-7-26)21-13-28-14-29-24(21)31-22/h3-5,8-11,13-14,23H,6-7,12H2,1-2H3,(H,30,33)(H,28,29,31). The van der Waals surface area contributed by atoms with Crippen LogP contribution in [0.4, 0.5) is 14.9 Å². The van der Waals surface area contributed by atoms with E-state index in [0.717, 1.165) is 63.9 Å². The van der Waals surface area contributed by atoms with Gasteiger partial charge in [0.25, 0.3) is 0 Å². The third-order valence-corrected chi connectivity index (χ3v) is 6.85. The Morgan fingerprint density at radius 3 is 2.70 bits per heavy atom. The van der Waals surface area contributed by atoms with E-state index in [1.54, 1.807) is 6.07 Å². The Morgan fingerprint density at radius 1 is 1.18 bits per heavy atom.